The molecule has 0 spiro atoms. The summed E-state index contributed by atoms with van der Waals surface area (Å²) in [7, 11) is 1.77. The van der Waals surface area contributed by atoms with E-state index in [0.29, 0.717) is 21.8 Å². The van der Waals surface area contributed by atoms with E-state index in [2.05, 4.69) is 21.4 Å². The second-order valence-electron chi connectivity index (χ2n) is 7.52. The standard InChI is InChI=1S/C24H20F2N3OS3/c1-3-29-19(12-16-6-4-5-10-28(16)13-15-9-11-31-14-15)32-22(23(29)30)24-27(2)18-8-7-17(25)20(26)21(18)33-24/h4-12,14H,3,13H2,1-2H3/q+1. The van der Waals surface area contributed by atoms with Crippen LogP contribution in [-0.4, -0.2) is 11.6 Å². The molecule has 9 heteroatoms. The highest BCUT2D eigenvalue weighted by atomic mass is 32.2. The van der Waals surface area contributed by atoms with E-state index in [-0.39, 0.29) is 10.5 Å². The molecule has 0 fully saturated rings. The van der Waals surface area contributed by atoms with Crippen LogP contribution in [0.5, 0.6) is 0 Å². The first-order valence-corrected chi connectivity index (χ1v) is 12.9. The summed E-state index contributed by atoms with van der Waals surface area (Å²) in [6.45, 7) is 3.18. The van der Waals surface area contributed by atoms with E-state index in [1.165, 1.54) is 16.9 Å². The first-order valence-electron chi connectivity index (χ1n) is 10.3. The number of anilines is 1. The van der Waals surface area contributed by atoms with Gasteiger partial charge in [0.2, 0.25) is 5.69 Å². The molecule has 0 aliphatic carbocycles. The Morgan fingerprint density at radius 3 is 2.76 bits per heavy atom. The number of thiophene rings is 1. The van der Waals surface area contributed by atoms with E-state index in [1.807, 2.05) is 37.4 Å². The number of nitrogens with zero attached hydrogens (tertiary/aromatic N) is 3. The molecule has 168 valence electrons. The average molecular weight is 501 g/mol. The molecule has 0 saturated heterocycles. The Labute approximate surface area is 201 Å². The number of thiazole rings is 1. The van der Waals surface area contributed by atoms with Crippen LogP contribution in [0.15, 0.2) is 63.0 Å². The van der Waals surface area contributed by atoms with E-state index in [9.17, 15) is 13.6 Å². The number of hydrogen-bond acceptors (Lipinski definition) is 5. The Balaban J connectivity index is 1.66. The maximum Gasteiger partial charge on any atom is 0.271 e. The van der Waals surface area contributed by atoms with Crippen LogP contribution >= 0.6 is 34.4 Å². The molecule has 0 saturated carbocycles. The van der Waals surface area contributed by atoms with Gasteiger partial charge in [-0.2, -0.15) is 15.9 Å². The predicted molar refractivity (Wildman–Crippen MR) is 131 cm³/mol. The van der Waals surface area contributed by atoms with Gasteiger partial charge in [-0.25, -0.2) is 8.78 Å². The molecule has 33 heavy (non-hydrogen) atoms. The average Bonchev–Trinajstić information content (AvgIpc) is 3.51. The van der Waals surface area contributed by atoms with Crippen molar-refractivity contribution < 1.29 is 13.3 Å². The fraction of sp³-hybridized carbons (Fsp3) is 0.167. The zero-order valence-corrected chi connectivity index (χ0v) is 20.4. The van der Waals surface area contributed by atoms with Crippen LogP contribution in [0, 0.1) is 11.6 Å². The fourth-order valence-electron chi connectivity index (χ4n) is 3.79. The third-order valence-electron chi connectivity index (χ3n) is 5.50. The van der Waals surface area contributed by atoms with Crippen LogP contribution in [0.3, 0.4) is 0 Å². The summed E-state index contributed by atoms with van der Waals surface area (Å²) in [5.41, 5.74) is 2.63. The van der Waals surface area contributed by atoms with E-state index in [0.717, 1.165) is 34.7 Å². The number of benzene rings is 1. The summed E-state index contributed by atoms with van der Waals surface area (Å²) in [5, 5.41) is 4.80. The molecule has 0 atom stereocenters. The number of pyridine rings is 1. The van der Waals surface area contributed by atoms with Gasteiger partial charge in [-0.15, -0.1) is 11.3 Å². The van der Waals surface area contributed by atoms with Crippen LogP contribution < -0.4 is 24.2 Å². The van der Waals surface area contributed by atoms with Crippen molar-refractivity contribution >= 4 is 51.2 Å². The van der Waals surface area contributed by atoms with Crippen molar-refractivity contribution in [2.24, 2.45) is 0 Å². The van der Waals surface area contributed by atoms with Gasteiger partial charge >= 0.3 is 0 Å². The zero-order chi connectivity index (χ0) is 23.1. The van der Waals surface area contributed by atoms with Gasteiger partial charge in [0.05, 0.1) is 10.6 Å². The Morgan fingerprint density at radius 2 is 2.00 bits per heavy atom. The minimum absolute atomic E-state index is 0.128. The van der Waals surface area contributed by atoms with Crippen molar-refractivity contribution in [3.05, 3.63) is 95.8 Å². The summed E-state index contributed by atoms with van der Waals surface area (Å²) in [6, 6.07) is 10.7. The van der Waals surface area contributed by atoms with E-state index in [4.69, 9.17) is 0 Å². The summed E-state index contributed by atoms with van der Waals surface area (Å²) < 4.78 is 33.3. The van der Waals surface area contributed by atoms with Crippen molar-refractivity contribution in [1.29, 1.82) is 0 Å². The molecule has 3 aromatic heterocycles. The van der Waals surface area contributed by atoms with Gasteiger partial charge in [0.25, 0.3) is 5.56 Å². The van der Waals surface area contributed by atoms with Crippen molar-refractivity contribution in [1.82, 2.24) is 4.57 Å². The molecule has 0 bridgehead atoms. The molecular weight excluding hydrogens is 480 g/mol. The van der Waals surface area contributed by atoms with Crippen molar-refractivity contribution in [2.45, 2.75) is 24.9 Å². The molecule has 1 aromatic carbocycles. The maximum absolute atomic E-state index is 14.4. The normalized spacial score (nSPS) is 15.4. The Morgan fingerprint density at radius 1 is 1.15 bits per heavy atom. The molecule has 0 unspecified atom stereocenters. The quantitative estimate of drug-likeness (QED) is 0.400. The fourth-order valence-corrected chi connectivity index (χ4v) is 6.94. The minimum Gasteiger partial charge on any atom is -0.337 e. The third-order valence-corrected chi connectivity index (χ3v) is 8.74. The van der Waals surface area contributed by atoms with Gasteiger partial charge < -0.3 is 4.90 Å². The highest BCUT2D eigenvalue weighted by Crippen LogP contribution is 2.47. The molecule has 1 aliphatic heterocycles. The largest absolute Gasteiger partial charge is 0.337 e. The molecule has 4 aromatic rings. The number of fused-ring (bicyclic) bond motifs is 1. The molecule has 0 radical (unpaired) electrons. The van der Waals surface area contributed by atoms with E-state index in [1.54, 1.807) is 33.9 Å². The van der Waals surface area contributed by atoms with Crippen LogP contribution in [0.1, 0.15) is 18.2 Å². The summed E-state index contributed by atoms with van der Waals surface area (Å²) in [6.07, 6.45) is 4.04. The Bertz CT molecular complexity index is 1520. The number of thioether (sulfide) groups is 1. The monoisotopic (exact) mass is 500 g/mol. The minimum atomic E-state index is -0.888. The highest BCUT2D eigenvalue weighted by Gasteiger charge is 2.29. The Kier molecular flexibility index (Phi) is 5.94. The first-order chi connectivity index (χ1) is 16.0. The van der Waals surface area contributed by atoms with Crippen LogP contribution in [0.4, 0.5) is 14.5 Å². The topological polar surface area (TPSA) is 29.1 Å². The summed E-state index contributed by atoms with van der Waals surface area (Å²) in [4.78, 5) is 15.3. The second-order valence-corrected chi connectivity index (χ2v) is 10.3. The van der Waals surface area contributed by atoms with Gasteiger partial charge in [0.15, 0.2) is 24.4 Å². The van der Waals surface area contributed by atoms with Gasteiger partial charge in [0, 0.05) is 42.7 Å². The first kappa shape index (κ1) is 22.1. The van der Waals surface area contributed by atoms with Gasteiger partial charge in [-0.1, -0.05) is 11.8 Å². The number of aromatic nitrogens is 2. The molecule has 4 heterocycles. The molecule has 0 N–H and O–H groups in total. The van der Waals surface area contributed by atoms with Gasteiger partial charge in [0.1, 0.15) is 14.2 Å². The SMILES string of the molecule is CCn1c(=Cc2cccc[n+]2Cc2ccsc2)sc(=C2Sc3c(ccc(F)c3F)N2C)c1=O. The summed E-state index contributed by atoms with van der Waals surface area (Å²) >= 11 is 4.14. The second kappa shape index (κ2) is 8.89. The number of rotatable bonds is 4. The molecule has 5 rings (SSSR count). The molecular formula is C24H20F2N3OS3+. The van der Waals surface area contributed by atoms with Crippen LogP contribution in [0.2, 0.25) is 0 Å². The lowest BCUT2D eigenvalue weighted by molar-refractivity contribution is -0.690. The van der Waals surface area contributed by atoms with Crippen molar-refractivity contribution in [2.75, 3.05) is 11.9 Å². The van der Waals surface area contributed by atoms with Crippen LogP contribution in [0.25, 0.3) is 11.1 Å². The predicted octanol–water partition coefficient (Wildman–Crippen LogP) is 3.74. The van der Waals surface area contributed by atoms with Crippen molar-refractivity contribution in [3.8, 4) is 0 Å². The van der Waals surface area contributed by atoms with E-state index < -0.39 is 11.6 Å². The lowest BCUT2D eigenvalue weighted by Gasteiger charge is -2.12. The number of halogens is 2. The number of hydrogen-bond donors (Lipinski definition) is 0. The smallest absolute Gasteiger partial charge is 0.271 e. The highest BCUT2D eigenvalue weighted by molar-refractivity contribution is 8.08. The zero-order valence-electron chi connectivity index (χ0n) is 17.9. The maximum atomic E-state index is 14.4. The van der Waals surface area contributed by atoms with Gasteiger partial charge in [-0.05, 0) is 36.6 Å². The summed E-state index contributed by atoms with van der Waals surface area (Å²) in [5.74, 6) is -1.77. The van der Waals surface area contributed by atoms with Crippen molar-refractivity contribution in [3.63, 3.8) is 0 Å². The van der Waals surface area contributed by atoms with Crippen LogP contribution in [-0.2, 0) is 13.1 Å². The molecule has 0 amide bonds. The van der Waals surface area contributed by atoms with Gasteiger partial charge in [-0.3, -0.25) is 9.36 Å². The molecule has 1 aliphatic rings. The Hall–Kier alpha value is -2.75. The third kappa shape index (κ3) is 3.94. The van der Waals surface area contributed by atoms with E-state index >= 15 is 0 Å². The lowest BCUT2D eigenvalue weighted by atomic mass is 10.3. The molecule has 4 nitrogen and oxygen atoms in total. The lowest BCUT2D eigenvalue weighted by Crippen LogP contribution is -2.38.